The lowest BCUT2D eigenvalue weighted by Gasteiger charge is -2.12. The lowest BCUT2D eigenvalue weighted by atomic mass is 10.1. The highest BCUT2D eigenvalue weighted by molar-refractivity contribution is 6.42. The van der Waals surface area contributed by atoms with Gasteiger partial charge in [-0.3, -0.25) is 14.9 Å². The van der Waals surface area contributed by atoms with Gasteiger partial charge in [-0.2, -0.15) is 4.73 Å². The molecule has 0 aliphatic carbocycles. The second kappa shape index (κ2) is 9.42. The number of nitrogens with zero attached hydrogens (tertiary/aromatic N) is 3. The molecule has 0 spiro atoms. The van der Waals surface area contributed by atoms with Crippen molar-refractivity contribution in [3.63, 3.8) is 0 Å². The molecule has 0 aliphatic heterocycles. The van der Waals surface area contributed by atoms with Crippen LogP contribution in [0.1, 0.15) is 32.1 Å². The number of ether oxygens (including phenoxy) is 1. The molecule has 0 saturated carbocycles. The summed E-state index contributed by atoms with van der Waals surface area (Å²) in [4.78, 5) is 40.3. The summed E-state index contributed by atoms with van der Waals surface area (Å²) in [5.74, 6) is -1.53. The predicted molar refractivity (Wildman–Crippen MR) is 123 cm³/mol. The Labute approximate surface area is 201 Å². The standard InChI is InChI=1S/C23H13Cl2N3O6/c24-16-10-18-20(11-17(16)25)27(31)21(22(29)13-5-2-1-3-6-13)19(26-18)12-34-23(30)14-7-4-8-15(9-14)28(32)33/h1-11H,12H2. The molecule has 0 N–H and O–H groups in total. The summed E-state index contributed by atoms with van der Waals surface area (Å²) in [6, 6.07) is 15.7. The number of nitro groups is 1. The van der Waals surface area contributed by atoms with E-state index in [2.05, 4.69) is 4.98 Å². The number of aromatic nitrogens is 2. The molecule has 0 bridgehead atoms. The highest BCUT2D eigenvalue weighted by atomic mass is 35.5. The SMILES string of the molecule is O=C(OCc1nc2cc(Cl)c(Cl)cc2[n+]([O-])c1C(=O)c1ccccc1)c1cccc([N+](=O)[O-])c1. The van der Waals surface area contributed by atoms with E-state index in [-0.39, 0.29) is 49.3 Å². The Kier molecular flexibility index (Phi) is 6.40. The van der Waals surface area contributed by atoms with Crippen LogP contribution in [0.25, 0.3) is 11.0 Å². The van der Waals surface area contributed by atoms with Crippen LogP contribution in [0.4, 0.5) is 5.69 Å². The van der Waals surface area contributed by atoms with Crippen molar-refractivity contribution in [2.75, 3.05) is 0 Å². The van der Waals surface area contributed by atoms with Gasteiger partial charge in [0.2, 0.25) is 5.52 Å². The molecule has 11 heteroatoms. The molecule has 0 radical (unpaired) electrons. The van der Waals surface area contributed by atoms with Gasteiger partial charge in [0.25, 0.3) is 17.2 Å². The van der Waals surface area contributed by atoms with Gasteiger partial charge in [0.05, 0.1) is 20.5 Å². The van der Waals surface area contributed by atoms with E-state index < -0.39 is 23.3 Å². The molecular weight excluding hydrogens is 485 g/mol. The van der Waals surface area contributed by atoms with E-state index in [0.29, 0.717) is 4.73 Å². The topological polar surface area (TPSA) is 126 Å². The van der Waals surface area contributed by atoms with Gasteiger partial charge in [-0.25, -0.2) is 9.78 Å². The highest BCUT2D eigenvalue weighted by Crippen LogP contribution is 2.27. The molecule has 9 nitrogen and oxygen atoms in total. The minimum absolute atomic E-state index is 0.00226. The van der Waals surface area contributed by atoms with E-state index in [4.69, 9.17) is 27.9 Å². The Morgan fingerprint density at radius 2 is 1.65 bits per heavy atom. The second-order valence-corrected chi connectivity index (χ2v) is 7.85. The van der Waals surface area contributed by atoms with Gasteiger partial charge in [-0.05, 0) is 12.1 Å². The third kappa shape index (κ3) is 4.52. The number of ketones is 1. The molecule has 0 fully saturated rings. The van der Waals surface area contributed by atoms with E-state index in [1.807, 2.05) is 0 Å². The maximum Gasteiger partial charge on any atom is 0.338 e. The van der Waals surface area contributed by atoms with Crippen LogP contribution in [0.15, 0.2) is 66.7 Å². The van der Waals surface area contributed by atoms with Crippen LogP contribution in [0, 0.1) is 15.3 Å². The van der Waals surface area contributed by atoms with Crippen LogP contribution in [0.5, 0.6) is 0 Å². The minimum Gasteiger partial charge on any atom is -0.618 e. The fourth-order valence-corrected chi connectivity index (χ4v) is 3.54. The molecule has 0 amide bonds. The first-order valence-corrected chi connectivity index (χ1v) is 10.4. The zero-order valence-corrected chi connectivity index (χ0v) is 18.6. The number of non-ortho nitro benzene ring substituents is 1. The summed E-state index contributed by atoms with van der Waals surface area (Å²) in [5.41, 5.74) is -0.479. The second-order valence-electron chi connectivity index (χ2n) is 7.04. The number of carbonyl (C=O) groups is 2. The van der Waals surface area contributed by atoms with Gasteiger partial charge in [0.1, 0.15) is 12.1 Å². The van der Waals surface area contributed by atoms with Gasteiger partial charge in [0.15, 0.2) is 5.69 Å². The maximum atomic E-state index is 13.2. The molecule has 170 valence electrons. The van der Waals surface area contributed by atoms with Crippen LogP contribution in [-0.2, 0) is 11.3 Å². The summed E-state index contributed by atoms with van der Waals surface area (Å²) in [6.45, 7) is -0.548. The number of nitro benzene ring substituents is 1. The van der Waals surface area contributed by atoms with E-state index in [0.717, 1.165) is 6.07 Å². The van der Waals surface area contributed by atoms with E-state index in [1.54, 1.807) is 18.2 Å². The van der Waals surface area contributed by atoms with Gasteiger partial charge in [-0.15, -0.1) is 0 Å². The number of fused-ring (bicyclic) bond motifs is 1. The highest BCUT2D eigenvalue weighted by Gasteiger charge is 2.29. The zero-order valence-electron chi connectivity index (χ0n) is 17.1. The Balaban J connectivity index is 1.76. The molecular formula is C23H13Cl2N3O6. The van der Waals surface area contributed by atoms with Gasteiger partial charge >= 0.3 is 5.97 Å². The first kappa shape index (κ1) is 23.1. The first-order valence-electron chi connectivity index (χ1n) is 9.69. The van der Waals surface area contributed by atoms with Crippen molar-refractivity contribution in [2.24, 2.45) is 0 Å². The van der Waals surface area contributed by atoms with E-state index in [9.17, 15) is 24.9 Å². The summed E-state index contributed by atoms with van der Waals surface area (Å²) in [7, 11) is 0. The van der Waals surface area contributed by atoms with Crippen molar-refractivity contribution in [3.05, 3.63) is 115 Å². The zero-order chi connectivity index (χ0) is 24.4. The maximum absolute atomic E-state index is 13.2. The molecule has 3 aromatic carbocycles. The molecule has 0 saturated heterocycles. The predicted octanol–water partition coefficient (Wildman–Crippen LogP) is 4.67. The van der Waals surface area contributed by atoms with Crippen molar-refractivity contribution in [3.8, 4) is 0 Å². The molecule has 0 aliphatic rings. The number of hydrogen-bond donors (Lipinski definition) is 0. The Hall–Kier alpha value is -4.08. The number of rotatable bonds is 6. The fraction of sp³-hybridized carbons (Fsp3) is 0.0435. The summed E-state index contributed by atoms with van der Waals surface area (Å²) in [5, 5.41) is 24.4. The summed E-state index contributed by atoms with van der Waals surface area (Å²) in [6.07, 6.45) is 0. The van der Waals surface area contributed by atoms with Crippen molar-refractivity contribution in [2.45, 2.75) is 6.61 Å². The number of benzene rings is 3. The number of carbonyl (C=O) groups excluding carboxylic acids is 2. The Morgan fingerprint density at radius 1 is 0.971 bits per heavy atom. The number of halogens is 2. The van der Waals surface area contributed by atoms with Crippen molar-refractivity contribution in [1.29, 1.82) is 0 Å². The lowest BCUT2D eigenvalue weighted by molar-refractivity contribution is -0.580. The van der Waals surface area contributed by atoms with Gasteiger partial charge in [0, 0.05) is 23.8 Å². The average Bonchev–Trinajstić information content (AvgIpc) is 2.84. The average molecular weight is 498 g/mol. The third-order valence-electron chi connectivity index (χ3n) is 4.85. The minimum atomic E-state index is -0.893. The van der Waals surface area contributed by atoms with Crippen LogP contribution < -0.4 is 4.73 Å². The number of esters is 1. The van der Waals surface area contributed by atoms with Gasteiger partial charge < -0.3 is 9.94 Å². The molecule has 4 aromatic rings. The third-order valence-corrected chi connectivity index (χ3v) is 5.57. The monoisotopic (exact) mass is 497 g/mol. The number of hydrogen-bond acceptors (Lipinski definition) is 7. The van der Waals surface area contributed by atoms with Crippen molar-refractivity contribution >= 4 is 51.7 Å². The first-order chi connectivity index (χ1) is 16.3. The molecule has 0 unspecified atom stereocenters. The fourth-order valence-electron chi connectivity index (χ4n) is 3.23. The Morgan fingerprint density at radius 3 is 2.35 bits per heavy atom. The normalized spacial score (nSPS) is 10.8. The smallest absolute Gasteiger partial charge is 0.338 e. The van der Waals surface area contributed by atoms with Crippen molar-refractivity contribution < 1.29 is 24.0 Å². The quantitative estimate of drug-likeness (QED) is 0.0944. The molecule has 0 atom stereocenters. The molecule has 1 aromatic heterocycles. The molecule has 4 rings (SSSR count). The van der Waals surface area contributed by atoms with Crippen LogP contribution >= 0.6 is 23.2 Å². The largest absolute Gasteiger partial charge is 0.618 e. The summed E-state index contributed by atoms with van der Waals surface area (Å²) < 4.78 is 5.62. The Bertz CT molecular complexity index is 1460. The van der Waals surface area contributed by atoms with E-state index >= 15 is 0 Å². The van der Waals surface area contributed by atoms with Gasteiger partial charge in [-0.1, -0.05) is 59.6 Å². The lowest BCUT2D eigenvalue weighted by Crippen LogP contribution is -2.38. The molecule has 1 heterocycles. The molecule has 34 heavy (non-hydrogen) atoms. The van der Waals surface area contributed by atoms with E-state index in [1.165, 1.54) is 42.5 Å². The van der Waals surface area contributed by atoms with Crippen LogP contribution in [0.2, 0.25) is 10.0 Å². The van der Waals surface area contributed by atoms with Crippen molar-refractivity contribution in [1.82, 2.24) is 4.98 Å². The van der Waals surface area contributed by atoms with Crippen LogP contribution in [-0.4, -0.2) is 21.7 Å². The van der Waals surface area contributed by atoms with Crippen LogP contribution in [0.3, 0.4) is 0 Å². The summed E-state index contributed by atoms with van der Waals surface area (Å²) >= 11 is 12.1.